The van der Waals surface area contributed by atoms with Gasteiger partial charge < -0.3 is 30.7 Å². The summed E-state index contributed by atoms with van der Waals surface area (Å²) in [5, 5.41) is 34.8. The predicted molar refractivity (Wildman–Crippen MR) is 491 cm³/mol. The Balaban J connectivity index is 0.000000147. The molecule has 0 aliphatic carbocycles. The van der Waals surface area contributed by atoms with Gasteiger partial charge in [-0.15, -0.1) is 0 Å². The second kappa shape index (κ2) is 43.5. The van der Waals surface area contributed by atoms with Gasteiger partial charge in [0.1, 0.15) is 57.5 Å². The molecule has 0 aliphatic rings. The molecule has 0 saturated heterocycles. The summed E-state index contributed by atoms with van der Waals surface area (Å²) in [5.41, 5.74) is 18.7. The molecule has 15 aromatic rings. The molecule has 0 fully saturated rings. The van der Waals surface area contributed by atoms with Gasteiger partial charge in [-0.2, -0.15) is 20.4 Å². The van der Waals surface area contributed by atoms with E-state index in [1.165, 1.54) is 42.9 Å². The van der Waals surface area contributed by atoms with Crippen LogP contribution in [0.3, 0.4) is 0 Å². The van der Waals surface area contributed by atoms with E-state index >= 15 is 13.2 Å². The average Bonchev–Trinajstić information content (AvgIpc) is 1.63. The quantitative estimate of drug-likeness (QED) is 0.0189. The molecule has 0 spiro atoms. The van der Waals surface area contributed by atoms with Crippen LogP contribution in [0.2, 0.25) is 0 Å². The van der Waals surface area contributed by atoms with Crippen molar-refractivity contribution in [3.8, 4) is 102 Å². The number of para-hydroxylation sites is 2. The van der Waals surface area contributed by atoms with Crippen molar-refractivity contribution in [1.29, 1.82) is 0 Å². The highest BCUT2D eigenvalue weighted by Gasteiger charge is 2.22. The Bertz CT molecular complexity index is 6010. The third kappa shape index (κ3) is 22.1. The van der Waals surface area contributed by atoms with E-state index < -0.39 is 0 Å². The lowest BCUT2D eigenvalue weighted by Gasteiger charge is -2.12. The van der Waals surface area contributed by atoms with Crippen molar-refractivity contribution in [1.82, 2.24) is 60.4 Å². The van der Waals surface area contributed by atoms with E-state index in [2.05, 4.69) is 107 Å². The lowest BCUT2D eigenvalue weighted by atomic mass is 9.94. The second-order valence-corrected chi connectivity index (χ2v) is 31.1. The number of nitrogens with one attached hydrogen (secondary N) is 4. The van der Waals surface area contributed by atoms with Gasteiger partial charge in [-0.05, 0) is 268 Å². The molecule has 4 heterocycles. The van der Waals surface area contributed by atoms with Crippen LogP contribution in [0.15, 0.2) is 229 Å². The number of unbranched alkanes of at least 4 members (excludes halogenated alkanes) is 7. The summed E-state index contributed by atoms with van der Waals surface area (Å²) < 4.78 is 80.6. The highest BCUT2D eigenvalue weighted by molar-refractivity contribution is 9.10. The van der Waals surface area contributed by atoms with E-state index in [-0.39, 0.29) is 23.3 Å². The molecule has 120 heavy (non-hydrogen) atoms. The van der Waals surface area contributed by atoms with Crippen molar-refractivity contribution in [2.75, 3.05) is 67.6 Å². The predicted octanol–water partition coefficient (Wildman–Crippen LogP) is 23.2. The summed E-state index contributed by atoms with van der Waals surface area (Å²) in [7, 11) is 13.5. The van der Waals surface area contributed by atoms with Crippen LogP contribution >= 0.6 is 15.9 Å². The van der Waals surface area contributed by atoms with E-state index in [4.69, 9.17) is 9.47 Å². The molecule has 11 aromatic carbocycles. The van der Waals surface area contributed by atoms with Gasteiger partial charge in [0.25, 0.3) is 0 Å². The number of hydrogen-bond acceptors (Lipinski definition) is 10. The molecule has 4 aromatic heterocycles. The molecule has 0 aliphatic heterocycles. The maximum atomic E-state index is 15.3. The molecular weight excluding hydrogens is 1570 g/mol. The molecule has 0 amide bonds. The van der Waals surface area contributed by atoms with Crippen LogP contribution in [-0.2, 0) is 34.1 Å². The molecule has 0 bridgehead atoms. The van der Waals surface area contributed by atoms with E-state index in [0.717, 1.165) is 182 Å². The van der Waals surface area contributed by atoms with Crippen LogP contribution in [0, 0.1) is 49.0 Å². The number of nitrogens with zero attached hydrogens (tertiary/aromatic N) is 8. The summed E-state index contributed by atoms with van der Waals surface area (Å²) in [4.78, 5) is 0. The largest absolute Gasteiger partial charge is 0.493 e. The number of hydrogen-bond donors (Lipinski definition) is 4. The first-order valence-corrected chi connectivity index (χ1v) is 42.5. The number of halogens is 5. The standard InChI is InChI=1S/C27H26FN3.C26H27BrFN3.C25H26FN3O.C23H30FN3O/c1-19-12-14-24-26(17-19)31(3)30-27(24)23-15-13-21(18-25(23)28)22-11-7-6-10-20(22)9-5-4-8-16-29-2;1-29-15-7-3-4-8-18-9-5-6-10-21(18)19-11-13-22(24(28)16-19)26-23-17-20(27)12-14-25(23)31(2)30-26;1-27-15-7-8-16-30-24-12-6-4-9-19(24)18-13-14-20(22(26)17-18)25-21-10-3-5-11-23(21)29(2)28-25;1-4-27-22-15-17(2)9-11-20(22)23(26-27)19-12-10-18(16-21(19)24)28-14-8-6-5-7-13-25-3/h6-7,10-15,17-18,29H,4,8,16H2,1-3H3;5-6,9-14,16-17,29H,3-4,7-8,15H2,1-2H3;3-6,9-14,17,27H,7-8,15-16H2,1-2H3;9-12,15-16,25H,4-8,13-14H2,1-3H3. The van der Waals surface area contributed by atoms with Gasteiger partial charge in [-0.25, -0.2) is 17.6 Å². The Morgan fingerprint density at radius 1 is 0.375 bits per heavy atom. The fourth-order valence-corrected chi connectivity index (χ4v) is 15.4. The molecule has 0 unspecified atom stereocenters. The van der Waals surface area contributed by atoms with Crippen molar-refractivity contribution in [2.45, 2.75) is 104 Å². The molecule has 0 atom stereocenters. The number of benzene rings is 11. The zero-order valence-corrected chi connectivity index (χ0v) is 72.2. The first kappa shape index (κ1) is 87.8. The van der Waals surface area contributed by atoms with Crippen molar-refractivity contribution in [2.24, 2.45) is 21.1 Å². The Hall–Kier alpha value is -11.5. The Morgan fingerprint density at radius 2 is 0.833 bits per heavy atom. The summed E-state index contributed by atoms with van der Waals surface area (Å²) in [6.07, 6.45) is 12.8. The number of ether oxygens (including phenoxy) is 2. The van der Waals surface area contributed by atoms with Crippen molar-refractivity contribution in [3.63, 3.8) is 0 Å². The zero-order valence-electron chi connectivity index (χ0n) is 70.6. The van der Waals surface area contributed by atoms with Crippen LogP contribution in [0.1, 0.15) is 99.8 Å². The van der Waals surface area contributed by atoms with Gasteiger partial charge in [0.05, 0.1) is 35.3 Å². The summed E-state index contributed by atoms with van der Waals surface area (Å²) in [5.74, 6) is 6.71. The first-order chi connectivity index (χ1) is 58.5. The molecule has 19 heteroatoms. The van der Waals surface area contributed by atoms with Crippen LogP contribution in [0.5, 0.6) is 11.5 Å². The molecular formula is C101H109BrF4N12O2. The first-order valence-electron chi connectivity index (χ1n) is 41.7. The molecule has 620 valence electrons. The summed E-state index contributed by atoms with van der Waals surface area (Å²) in [6, 6.07) is 71.4. The van der Waals surface area contributed by atoms with Gasteiger partial charge in [-0.3, -0.25) is 18.7 Å². The number of aromatic nitrogens is 8. The van der Waals surface area contributed by atoms with Crippen molar-refractivity contribution in [3.05, 3.63) is 274 Å². The van der Waals surface area contributed by atoms with Crippen LogP contribution in [-0.4, -0.2) is 107 Å². The van der Waals surface area contributed by atoms with Gasteiger partial charge in [0.2, 0.25) is 0 Å². The highest BCUT2D eigenvalue weighted by Crippen LogP contribution is 2.40. The third-order valence-electron chi connectivity index (χ3n) is 21.4. The van der Waals surface area contributed by atoms with Crippen LogP contribution in [0.4, 0.5) is 17.6 Å². The molecule has 14 nitrogen and oxygen atoms in total. The topological polar surface area (TPSA) is 138 Å². The number of aryl methyl sites for hydroxylation is 7. The maximum Gasteiger partial charge on any atom is 0.136 e. The molecule has 4 N–H and O–H groups in total. The minimum Gasteiger partial charge on any atom is -0.493 e. The molecule has 0 radical (unpaired) electrons. The normalized spacial score (nSPS) is 11.2. The van der Waals surface area contributed by atoms with Crippen molar-refractivity contribution >= 4 is 59.5 Å². The lowest BCUT2D eigenvalue weighted by Crippen LogP contribution is -2.09. The van der Waals surface area contributed by atoms with Gasteiger partial charge in [0.15, 0.2) is 0 Å². The Kier molecular flexibility index (Phi) is 31.8. The third-order valence-corrected chi connectivity index (χ3v) is 21.9. The highest BCUT2D eigenvalue weighted by atomic mass is 79.9. The van der Waals surface area contributed by atoms with Gasteiger partial charge >= 0.3 is 0 Å². The Labute approximate surface area is 711 Å². The fourth-order valence-electron chi connectivity index (χ4n) is 15.1. The monoisotopic (exact) mass is 1680 g/mol. The van der Waals surface area contributed by atoms with Gasteiger partial charge in [0, 0.05) is 99.6 Å². The average molecular weight is 1680 g/mol. The Morgan fingerprint density at radius 3 is 1.46 bits per heavy atom. The van der Waals surface area contributed by atoms with E-state index in [1.54, 1.807) is 33.6 Å². The minimum atomic E-state index is -0.297. The molecule has 0 saturated carbocycles. The van der Waals surface area contributed by atoms with E-state index in [0.29, 0.717) is 64.0 Å². The minimum absolute atomic E-state index is 0.249. The number of fused-ring (bicyclic) bond motifs is 4. The maximum absolute atomic E-state index is 15.3. The zero-order chi connectivity index (χ0) is 84.4. The lowest BCUT2D eigenvalue weighted by molar-refractivity contribution is 0.303. The molecule has 15 rings (SSSR count). The van der Waals surface area contributed by atoms with Crippen molar-refractivity contribution < 1.29 is 27.0 Å². The van der Waals surface area contributed by atoms with E-state index in [9.17, 15) is 4.39 Å². The number of rotatable bonds is 31. The summed E-state index contributed by atoms with van der Waals surface area (Å²) >= 11 is 3.52. The van der Waals surface area contributed by atoms with E-state index in [1.807, 2.05) is 236 Å². The SMILES string of the molecule is CCn1nc(-c2ccc(OCCCCCCNC)cc2F)c2ccc(C)cc21.CNCCCC#Cc1ccccc1-c1ccc(-c2nn(C)c3cc(C)ccc23)c(F)c1.CNCCCCCc1ccccc1-c1ccc(-c2nn(C)c3ccc(Br)cc23)c(F)c1.CNCCCCOc1ccccc1-c1ccc(-c2nn(C)c3ccccc23)c(F)c1. The van der Waals surface area contributed by atoms with Crippen LogP contribution in [0.25, 0.3) is 122 Å². The van der Waals surface area contributed by atoms with Gasteiger partial charge in [-0.1, -0.05) is 168 Å². The smallest absolute Gasteiger partial charge is 0.136 e. The van der Waals surface area contributed by atoms with Crippen LogP contribution < -0.4 is 30.7 Å². The summed E-state index contributed by atoms with van der Waals surface area (Å²) in [6.45, 7) is 12.2. The second-order valence-electron chi connectivity index (χ2n) is 30.2. The fraction of sp³-hybridized carbons (Fsp3) is 0.287.